The fourth-order valence-corrected chi connectivity index (χ4v) is 1.86. The maximum absolute atomic E-state index is 11.3. The van der Waals surface area contributed by atoms with Gasteiger partial charge in [0.15, 0.2) is 0 Å². The maximum Gasteiger partial charge on any atom is 0.238 e. The normalized spacial score (nSPS) is 11.5. The number of hydrogen-bond donors (Lipinski definition) is 1. The average Bonchev–Trinajstić information content (AvgIpc) is 2.25. The molecular formula is C12H22BBr2NO. The highest BCUT2D eigenvalue weighted by atomic mass is 79.9. The summed E-state index contributed by atoms with van der Waals surface area (Å²) in [4.78, 5) is 11.3. The lowest BCUT2D eigenvalue weighted by molar-refractivity contribution is -0.119. The van der Waals surface area contributed by atoms with Crippen LogP contribution in [0, 0.1) is 0 Å². The van der Waals surface area contributed by atoms with Gasteiger partial charge in [-0.25, -0.2) is 0 Å². The van der Waals surface area contributed by atoms with Gasteiger partial charge in [0.05, 0.1) is 0 Å². The molecule has 1 N–H and O–H groups in total. The van der Waals surface area contributed by atoms with Gasteiger partial charge in [0.25, 0.3) is 0 Å². The van der Waals surface area contributed by atoms with Crippen LogP contribution < -0.4 is 5.32 Å². The van der Waals surface area contributed by atoms with Crippen molar-refractivity contribution in [2.45, 2.75) is 61.4 Å². The van der Waals surface area contributed by atoms with Gasteiger partial charge in [0.1, 0.15) is 11.0 Å². The topological polar surface area (TPSA) is 29.1 Å². The highest BCUT2D eigenvalue weighted by molar-refractivity contribution is 9.26. The second-order valence-corrected chi connectivity index (χ2v) is 7.92. The molecule has 0 aromatic carbocycles. The third kappa shape index (κ3) is 11.3. The number of halogens is 2. The van der Waals surface area contributed by atoms with E-state index >= 15 is 0 Å². The Balaban J connectivity index is 3.22. The van der Waals surface area contributed by atoms with Gasteiger partial charge >= 0.3 is 0 Å². The fraction of sp³-hybridized carbons (Fsp3) is 0.917. The third-order valence-electron chi connectivity index (χ3n) is 2.62. The zero-order valence-electron chi connectivity index (χ0n) is 10.6. The van der Waals surface area contributed by atoms with E-state index in [1.54, 1.807) is 0 Å². The summed E-state index contributed by atoms with van der Waals surface area (Å²) >= 11 is 6.09. The van der Waals surface area contributed by atoms with Crippen molar-refractivity contribution in [2.24, 2.45) is 0 Å². The van der Waals surface area contributed by atoms with Crippen LogP contribution in [-0.4, -0.2) is 23.4 Å². The van der Waals surface area contributed by atoms with Crippen molar-refractivity contribution in [3.63, 3.8) is 0 Å². The van der Waals surface area contributed by atoms with Crippen molar-refractivity contribution in [2.75, 3.05) is 6.54 Å². The molecule has 0 aliphatic heterocycles. The summed E-state index contributed by atoms with van der Waals surface area (Å²) in [6.45, 7) is 2.93. The summed E-state index contributed by atoms with van der Waals surface area (Å²) in [5, 5.41) is 2.78. The van der Waals surface area contributed by atoms with Gasteiger partial charge in [-0.15, -0.1) is 0 Å². The van der Waals surface area contributed by atoms with Gasteiger partial charge in [-0.2, -0.15) is 0 Å². The summed E-state index contributed by atoms with van der Waals surface area (Å²) in [6, 6.07) is 0. The van der Waals surface area contributed by atoms with Crippen LogP contribution in [0.4, 0.5) is 0 Å². The standard InChI is InChI=1S/C12H22BBr2NO/c1-2-3-4-5-6-7-8-9-10-16-11(17)12(13,14)15/h2-10H2,1H3,(H,16,17). The Hall–Kier alpha value is 0.495. The van der Waals surface area contributed by atoms with Gasteiger partial charge in [-0.1, -0.05) is 83.7 Å². The van der Waals surface area contributed by atoms with E-state index in [2.05, 4.69) is 44.1 Å². The second-order valence-electron chi connectivity index (χ2n) is 4.35. The zero-order valence-corrected chi connectivity index (χ0v) is 13.8. The van der Waals surface area contributed by atoms with E-state index in [0.29, 0.717) is 6.54 Å². The minimum Gasteiger partial charge on any atom is -0.355 e. The molecule has 0 fully saturated rings. The molecule has 0 saturated carbocycles. The number of alkyl halides is 2. The molecule has 17 heavy (non-hydrogen) atoms. The van der Waals surface area contributed by atoms with Crippen LogP contribution >= 0.6 is 31.9 Å². The first-order valence-electron chi connectivity index (χ1n) is 6.43. The first-order chi connectivity index (χ1) is 7.98. The van der Waals surface area contributed by atoms with Crippen LogP contribution in [0.3, 0.4) is 0 Å². The van der Waals surface area contributed by atoms with Gasteiger partial charge < -0.3 is 5.32 Å². The quantitative estimate of drug-likeness (QED) is 0.355. The SMILES string of the molecule is [B]C(Br)(Br)C(=O)NCCCCCCCCCC. The highest BCUT2D eigenvalue weighted by Crippen LogP contribution is 2.21. The van der Waals surface area contributed by atoms with E-state index < -0.39 is 3.13 Å². The van der Waals surface area contributed by atoms with Crippen molar-refractivity contribution in [1.29, 1.82) is 0 Å². The molecule has 0 aromatic rings. The van der Waals surface area contributed by atoms with E-state index in [9.17, 15) is 4.79 Å². The summed E-state index contributed by atoms with van der Waals surface area (Å²) in [7, 11) is 5.51. The Morgan fingerprint density at radius 3 is 2.00 bits per heavy atom. The minimum absolute atomic E-state index is 0.222. The molecule has 0 heterocycles. The summed E-state index contributed by atoms with van der Waals surface area (Å²) in [5.74, 6) is -0.222. The summed E-state index contributed by atoms with van der Waals surface area (Å²) < 4.78 is -1.12. The van der Waals surface area contributed by atoms with Crippen molar-refractivity contribution < 1.29 is 4.79 Å². The molecule has 0 atom stereocenters. The molecular weight excluding hydrogens is 345 g/mol. The van der Waals surface area contributed by atoms with Crippen LogP contribution in [0.1, 0.15) is 58.3 Å². The molecule has 98 valence electrons. The molecule has 1 amide bonds. The zero-order chi connectivity index (χ0) is 13.1. The van der Waals surface area contributed by atoms with E-state index in [4.69, 9.17) is 7.85 Å². The van der Waals surface area contributed by atoms with Gasteiger partial charge in [0.2, 0.25) is 5.91 Å². The molecule has 0 aromatic heterocycles. The Bertz CT molecular complexity index is 207. The average molecular weight is 367 g/mol. The lowest BCUT2D eigenvalue weighted by Gasteiger charge is -2.14. The molecule has 2 nitrogen and oxygen atoms in total. The first-order valence-corrected chi connectivity index (χ1v) is 8.02. The molecule has 0 saturated heterocycles. The van der Waals surface area contributed by atoms with Crippen LogP contribution in [0.5, 0.6) is 0 Å². The third-order valence-corrected chi connectivity index (χ3v) is 3.34. The van der Waals surface area contributed by atoms with Crippen LogP contribution in [-0.2, 0) is 4.79 Å². The van der Waals surface area contributed by atoms with E-state index in [0.717, 1.165) is 6.42 Å². The van der Waals surface area contributed by atoms with Crippen molar-refractivity contribution >= 4 is 45.6 Å². The number of rotatable bonds is 10. The fourth-order valence-electron chi connectivity index (χ4n) is 1.58. The Labute approximate surface area is 123 Å². The Kier molecular flexibility index (Phi) is 10.7. The lowest BCUT2D eigenvalue weighted by atomic mass is 10.0. The molecule has 0 unspecified atom stereocenters. The predicted molar refractivity (Wildman–Crippen MR) is 82.0 cm³/mol. The largest absolute Gasteiger partial charge is 0.355 e. The Morgan fingerprint density at radius 1 is 1.06 bits per heavy atom. The maximum atomic E-state index is 11.3. The van der Waals surface area contributed by atoms with Gasteiger partial charge in [-0.3, -0.25) is 4.79 Å². The molecule has 0 aliphatic carbocycles. The number of nitrogens with one attached hydrogen (secondary N) is 1. The molecule has 2 radical (unpaired) electrons. The second kappa shape index (κ2) is 10.4. The molecule has 0 bridgehead atoms. The first kappa shape index (κ1) is 17.5. The molecule has 0 spiro atoms. The number of amides is 1. The number of hydrogen-bond acceptors (Lipinski definition) is 1. The van der Waals surface area contributed by atoms with Gasteiger partial charge in [0, 0.05) is 6.54 Å². The van der Waals surface area contributed by atoms with E-state index in [1.165, 1.54) is 44.9 Å². The van der Waals surface area contributed by atoms with Crippen molar-refractivity contribution in [3.8, 4) is 0 Å². The molecule has 0 aliphatic rings. The predicted octanol–water partition coefficient (Wildman–Crippen LogP) is 3.86. The summed E-state index contributed by atoms with van der Waals surface area (Å²) in [6.07, 6.45) is 10.1. The Morgan fingerprint density at radius 2 is 1.53 bits per heavy atom. The van der Waals surface area contributed by atoms with Crippen LogP contribution in [0.25, 0.3) is 0 Å². The van der Waals surface area contributed by atoms with E-state index in [1.807, 2.05) is 0 Å². The molecule has 5 heteroatoms. The monoisotopic (exact) mass is 365 g/mol. The smallest absolute Gasteiger partial charge is 0.238 e. The van der Waals surface area contributed by atoms with E-state index in [-0.39, 0.29) is 5.91 Å². The van der Waals surface area contributed by atoms with Crippen LogP contribution in [0.2, 0.25) is 0 Å². The van der Waals surface area contributed by atoms with Gasteiger partial charge in [-0.05, 0) is 6.42 Å². The van der Waals surface area contributed by atoms with Crippen molar-refractivity contribution in [1.82, 2.24) is 5.32 Å². The minimum atomic E-state index is -1.12. The summed E-state index contributed by atoms with van der Waals surface area (Å²) in [5.41, 5.74) is 0. The number of unbranched alkanes of at least 4 members (excludes halogenated alkanes) is 7. The number of carbonyl (C=O) groups excluding carboxylic acids is 1. The van der Waals surface area contributed by atoms with Crippen molar-refractivity contribution in [3.05, 3.63) is 0 Å². The highest BCUT2D eigenvalue weighted by Gasteiger charge is 2.24. The number of carbonyl (C=O) groups is 1. The molecule has 0 rings (SSSR count). The lowest BCUT2D eigenvalue weighted by Crippen LogP contribution is -2.38. The van der Waals surface area contributed by atoms with Crippen LogP contribution in [0.15, 0.2) is 0 Å².